The molecule has 1 aromatic rings. The van der Waals surface area contributed by atoms with Gasteiger partial charge >= 0.3 is 0 Å². The van der Waals surface area contributed by atoms with E-state index in [0.29, 0.717) is 6.07 Å². The van der Waals surface area contributed by atoms with Crippen molar-refractivity contribution in [1.82, 2.24) is 4.98 Å². The Morgan fingerprint density at radius 2 is 2.12 bits per heavy atom. The van der Waals surface area contributed by atoms with Crippen molar-refractivity contribution in [2.45, 2.75) is 11.5 Å². The van der Waals surface area contributed by atoms with Crippen LogP contribution in [0.15, 0.2) is 15.6 Å². The van der Waals surface area contributed by atoms with Crippen LogP contribution < -0.4 is 5.14 Å². The first-order chi connectivity index (χ1) is 7.27. The molecule has 2 N–H and O–H groups in total. The lowest BCUT2D eigenvalue weighted by Crippen LogP contribution is -2.15. The molecule has 0 spiro atoms. The van der Waals surface area contributed by atoms with Gasteiger partial charge in [0, 0.05) is 5.56 Å². The summed E-state index contributed by atoms with van der Waals surface area (Å²) in [6.45, 7) is 0. The lowest BCUT2D eigenvalue weighted by atomic mass is 10.2. The first kappa shape index (κ1) is 13.0. The number of aromatic nitrogens is 1. The molecule has 86 valence electrons. The highest BCUT2D eigenvalue weighted by Crippen LogP contribution is 2.30. The van der Waals surface area contributed by atoms with Gasteiger partial charge in [0.2, 0.25) is 0 Å². The van der Waals surface area contributed by atoms with Crippen molar-refractivity contribution in [3.05, 3.63) is 21.8 Å². The van der Waals surface area contributed by atoms with Gasteiger partial charge in [-0.15, -0.1) is 0 Å². The number of halogens is 3. The Hall–Kier alpha value is -1.11. The van der Waals surface area contributed by atoms with Crippen LogP contribution in [-0.4, -0.2) is 13.4 Å². The second-order valence-corrected chi connectivity index (χ2v) is 4.97. The summed E-state index contributed by atoms with van der Waals surface area (Å²) in [5.74, 6) is 0. The summed E-state index contributed by atoms with van der Waals surface area (Å²) in [6.07, 6.45) is -2.94. The Balaban J connectivity index is 3.61. The van der Waals surface area contributed by atoms with E-state index in [0.717, 1.165) is 0 Å². The van der Waals surface area contributed by atoms with E-state index in [-0.39, 0.29) is 4.47 Å². The van der Waals surface area contributed by atoms with Crippen molar-refractivity contribution in [2.24, 2.45) is 5.14 Å². The van der Waals surface area contributed by atoms with Crippen molar-refractivity contribution >= 4 is 26.0 Å². The minimum absolute atomic E-state index is 0.239. The van der Waals surface area contributed by atoms with Gasteiger partial charge in [-0.25, -0.2) is 27.3 Å². The first-order valence-corrected chi connectivity index (χ1v) is 6.02. The van der Waals surface area contributed by atoms with Crippen LogP contribution in [0.3, 0.4) is 0 Å². The Labute approximate surface area is 98.1 Å². The molecule has 0 saturated heterocycles. The van der Waals surface area contributed by atoms with Gasteiger partial charge in [0.15, 0.2) is 10.7 Å². The van der Waals surface area contributed by atoms with Crippen LogP contribution in [0.1, 0.15) is 17.7 Å². The Morgan fingerprint density at radius 1 is 1.56 bits per heavy atom. The van der Waals surface area contributed by atoms with E-state index in [9.17, 15) is 17.2 Å². The zero-order valence-corrected chi connectivity index (χ0v) is 9.89. The summed E-state index contributed by atoms with van der Waals surface area (Å²) in [5.41, 5.74) is -1.10. The van der Waals surface area contributed by atoms with E-state index < -0.39 is 32.7 Å². The molecule has 0 bridgehead atoms. The standard InChI is InChI=1S/C7H4BrF2N3O2S/c8-6-3(7(9)10)1-5(16(12,14)15)13-4(6)2-11/h1,7H,(H2,12,14,15). The smallest absolute Gasteiger partial charge is 0.223 e. The van der Waals surface area contributed by atoms with Gasteiger partial charge in [0.1, 0.15) is 6.07 Å². The number of nitrogens with two attached hydrogens (primary N) is 1. The molecule has 0 aromatic carbocycles. The molecule has 0 atom stereocenters. The van der Waals surface area contributed by atoms with Crippen molar-refractivity contribution in [3.8, 4) is 6.07 Å². The Morgan fingerprint density at radius 3 is 2.50 bits per heavy atom. The van der Waals surface area contributed by atoms with Gasteiger partial charge in [-0.2, -0.15) is 5.26 Å². The average molecular weight is 312 g/mol. The van der Waals surface area contributed by atoms with Crippen molar-refractivity contribution in [1.29, 1.82) is 5.26 Å². The lowest BCUT2D eigenvalue weighted by molar-refractivity contribution is 0.150. The molecular formula is C7H4BrF2N3O2S. The number of nitriles is 1. The van der Waals surface area contributed by atoms with Gasteiger partial charge < -0.3 is 0 Å². The van der Waals surface area contributed by atoms with E-state index in [2.05, 4.69) is 20.9 Å². The fourth-order valence-corrected chi connectivity index (χ4v) is 1.88. The monoisotopic (exact) mass is 311 g/mol. The van der Waals surface area contributed by atoms with E-state index in [4.69, 9.17) is 10.4 Å². The average Bonchev–Trinajstić information content (AvgIpc) is 2.15. The largest absolute Gasteiger partial charge is 0.265 e. The third-order valence-corrected chi connectivity index (χ3v) is 3.22. The topological polar surface area (TPSA) is 96.8 Å². The molecular weight excluding hydrogens is 308 g/mol. The predicted molar refractivity (Wildman–Crippen MR) is 53.0 cm³/mol. The molecule has 0 aliphatic heterocycles. The number of alkyl halides is 2. The zero-order chi connectivity index (χ0) is 12.5. The summed E-state index contributed by atoms with van der Waals surface area (Å²) in [5, 5.41) is 12.6. The molecule has 0 aliphatic rings. The fraction of sp³-hybridized carbons (Fsp3) is 0.143. The second-order valence-electron chi connectivity index (χ2n) is 2.67. The van der Waals surface area contributed by atoms with Crippen LogP contribution in [0.5, 0.6) is 0 Å². The molecule has 9 heteroatoms. The number of nitrogens with zero attached hydrogens (tertiary/aromatic N) is 2. The van der Waals surface area contributed by atoms with Gasteiger partial charge in [-0.1, -0.05) is 0 Å². The quantitative estimate of drug-likeness (QED) is 0.890. The van der Waals surface area contributed by atoms with E-state index >= 15 is 0 Å². The minimum Gasteiger partial charge on any atom is -0.223 e. The normalized spacial score (nSPS) is 11.5. The van der Waals surface area contributed by atoms with Crippen LogP contribution >= 0.6 is 15.9 Å². The summed E-state index contributed by atoms with van der Waals surface area (Å²) in [4.78, 5) is 3.35. The van der Waals surface area contributed by atoms with Crippen LogP contribution in [0.25, 0.3) is 0 Å². The molecule has 1 rings (SSSR count). The highest BCUT2D eigenvalue weighted by Gasteiger charge is 2.21. The maximum absolute atomic E-state index is 12.5. The molecule has 0 fully saturated rings. The molecule has 0 aliphatic carbocycles. The van der Waals surface area contributed by atoms with Gasteiger partial charge in [-0.3, -0.25) is 0 Å². The molecule has 0 radical (unpaired) electrons. The fourth-order valence-electron chi connectivity index (χ4n) is 0.903. The second kappa shape index (κ2) is 4.40. The molecule has 0 amide bonds. The summed E-state index contributed by atoms with van der Waals surface area (Å²) < 4.78 is 46.6. The van der Waals surface area contributed by atoms with Crippen LogP contribution in [0.4, 0.5) is 8.78 Å². The number of pyridine rings is 1. The van der Waals surface area contributed by atoms with E-state index in [1.165, 1.54) is 6.07 Å². The maximum atomic E-state index is 12.5. The third kappa shape index (κ3) is 2.52. The van der Waals surface area contributed by atoms with Crippen molar-refractivity contribution in [2.75, 3.05) is 0 Å². The number of primary sulfonamides is 1. The van der Waals surface area contributed by atoms with Crippen molar-refractivity contribution < 1.29 is 17.2 Å². The molecule has 1 aromatic heterocycles. The molecule has 16 heavy (non-hydrogen) atoms. The van der Waals surface area contributed by atoms with Gasteiger partial charge in [0.25, 0.3) is 16.4 Å². The minimum atomic E-state index is -4.22. The Kier molecular flexibility index (Phi) is 3.57. The summed E-state index contributed by atoms with van der Waals surface area (Å²) in [6, 6.07) is 2.12. The van der Waals surface area contributed by atoms with Gasteiger partial charge in [0.05, 0.1) is 4.47 Å². The maximum Gasteiger partial charge on any atom is 0.265 e. The number of sulfonamides is 1. The summed E-state index contributed by atoms with van der Waals surface area (Å²) in [7, 11) is -4.22. The number of hydrogen-bond donors (Lipinski definition) is 1. The van der Waals surface area contributed by atoms with Crippen LogP contribution in [0, 0.1) is 11.3 Å². The number of hydrogen-bond acceptors (Lipinski definition) is 4. The molecule has 0 unspecified atom stereocenters. The predicted octanol–water partition coefficient (Wildman–Crippen LogP) is 1.30. The van der Waals surface area contributed by atoms with Crippen LogP contribution in [-0.2, 0) is 10.0 Å². The first-order valence-electron chi connectivity index (χ1n) is 3.69. The highest BCUT2D eigenvalue weighted by molar-refractivity contribution is 9.10. The van der Waals surface area contributed by atoms with Crippen LogP contribution in [0.2, 0.25) is 0 Å². The van der Waals surface area contributed by atoms with Crippen molar-refractivity contribution in [3.63, 3.8) is 0 Å². The molecule has 5 nitrogen and oxygen atoms in total. The third-order valence-electron chi connectivity index (χ3n) is 1.59. The zero-order valence-electron chi connectivity index (χ0n) is 7.49. The SMILES string of the molecule is N#Cc1nc(S(N)(=O)=O)cc(C(F)F)c1Br. The lowest BCUT2D eigenvalue weighted by Gasteiger charge is -2.06. The molecule has 1 heterocycles. The van der Waals surface area contributed by atoms with Gasteiger partial charge in [-0.05, 0) is 22.0 Å². The highest BCUT2D eigenvalue weighted by atomic mass is 79.9. The summed E-state index contributed by atoms with van der Waals surface area (Å²) >= 11 is 2.74. The van der Waals surface area contributed by atoms with E-state index in [1.54, 1.807) is 0 Å². The van der Waals surface area contributed by atoms with E-state index in [1.807, 2.05) is 0 Å². The Bertz CT molecular complexity index is 568. The molecule has 0 saturated carbocycles. The number of rotatable bonds is 2.